The van der Waals surface area contributed by atoms with Gasteiger partial charge in [-0.15, -0.1) is 0 Å². The molecule has 0 saturated heterocycles. The Morgan fingerprint density at radius 3 is 2.16 bits per heavy atom. The third-order valence-electron chi connectivity index (χ3n) is 2.49. The van der Waals surface area contributed by atoms with Crippen LogP contribution in [0.4, 0.5) is 13.2 Å². The molecule has 0 amide bonds. The molecule has 1 aromatic rings. The zero-order valence-corrected chi connectivity index (χ0v) is 10.3. The van der Waals surface area contributed by atoms with Gasteiger partial charge in [0, 0.05) is 5.56 Å². The van der Waals surface area contributed by atoms with E-state index in [9.17, 15) is 23.1 Å². The number of hydrogen-bond donors (Lipinski definition) is 1. The molecule has 0 saturated carbocycles. The van der Waals surface area contributed by atoms with Gasteiger partial charge in [-0.3, -0.25) is 0 Å². The number of alkyl halides is 3. The summed E-state index contributed by atoms with van der Waals surface area (Å²) in [6, 6.07) is 4.35. The largest absolute Gasteiger partial charge is 0.497 e. The van der Waals surface area contributed by atoms with E-state index in [1.165, 1.54) is 26.2 Å². The van der Waals surface area contributed by atoms with Gasteiger partial charge in [-0.25, -0.2) is 4.79 Å². The molecule has 0 fully saturated rings. The predicted molar refractivity (Wildman–Crippen MR) is 59.6 cm³/mol. The van der Waals surface area contributed by atoms with Crippen molar-refractivity contribution < 1.29 is 32.5 Å². The summed E-state index contributed by atoms with van der Waals surface area (Å²) in [7, 11) is 1.34. The Bertz CT molecular complexity index is 441. The van der Waals surface area contributed by atoms with Crippen molar-refractivity contribution in [2.24, 2.45) is 0 Å². The minimum atomic E-state index is -5.19. The number of carbonyl (C=O) groups excluding carboxylic acids is 1. The highest BCUT2D eigenvalue weighted by Crippen LogP contribution is 2.40. The molecule has 4 nitrogen and oxygen atoms in total. The van der Waals surface area contributed by atoms with Crippen LogP contribution in [0.25, 0.3) is 0 Å². The average molecular weight is 278 g/mol. The number of ether oxygens (including phenoxy) is 2. The first-order chi connectivity index (χ1) is 8.77. The molecular formula is C12H13F3O4. The van der Waals surface area contributed by atoms with Crippen LogP contribution < -0.4 is 4.74 Å². The van der Waals surface area contributed by atoms with Gasteiger partial charge in [0.25, 0.3) is 5.60 Å². The first-order valence-electron chi connectivity index (χ1n) is 5.38. The molecule has 0 radical (unpaired) electrons. The van der Waals surface area contributed by atoms with Crippen LogP contribution >= 0.6 is 0 Å². The number of esters is 1. The molecule has 1 rings (SSSR count). The Labute approximate surface area is 107 Å². The fourth-order valence-corrected chi connectivity index (χ4v) is 1.47. The van der Waals surface area contributed by atoms with Gasteiger partial charge in [0.2, 0.25) is 0 Å². The molecule has 1 atom stereocenters. The van der Waals surface area contributed by atoms with Crippen molar-refractivity contribution in [3.8, 4) is 5.75 Å². The molecule has 1 aromatic carbocycles. The second-order valence-electron chi connectivity index (χ2n) is 3.66. The molecule has 1 N–H and O–H groups in total. The molecular weight excluding hydrogens is 265 g/mol. The van der Waals surface area contributed by atoms with E-state index >= 15 is 0 Å². The lowest BCUT2D eigenvalue weighted by atomic mass is 9.93. The fourth-order valence-electron chi connectivity index (χ4n) is 1.47. The quantitative estimate of drug-likeness (QED) is 0.856. The maximum Gasteiger partial charge on any atom is 0.432 e. The van der Waals surface area contributed by atoms with Crippen LogP contribution in [0, 0.1) is 0 Å². The van der Waals surface area contributed by atoms with Gasteiger partial charge < -0.3 is 14.6 Å². The van der Waals surface area contributed by atoms with Crippen LogP contribution in [0.1, 0.15) is 12.5 Å². The smallest absolute Gasteiger partial charge is 0.432 e. The first kappa shape index (κ1) is 15.3. The molecule has 0 aliphatic carbocycles. The van der Waals surface area contributed by atoms with E-state index in [4.69, 9.17) is 4.74 Å². The maximum absolute atomic E-state index is 13.0. The van der Waals surface area contributed by atoms with Gasteiger partial charge in [-0.05, 0) is 19.1 Å². The van der Waals surface area contributed by atoms with Gasteiger partial charge in [0.05, 0.1) is 13.7 Å². The maximum atomic E-state index is 13.0. The third-order valence-corrected chi connectivity index (χ3v) is 2.49. The number of rotatable bonds is 4. The molecule has 0 aromatic heterocycles. The van der Waals surface area contributed by atoms with E-state index in [1.807, 2.05) is 0 Å². The summed E-state index contributed by atoms with van der Waals surface area (Å²) in [4.78, 5) is 11.4. The highest BCUT2D eigenvalue weighted by atomic mass is 19.4. The summed E-state index contributed by atoms with van der Waals surface area (Å²) in [5.41, 5.74) is -4.31. The van der Waals surface area contributed by atoms with Crippen LogP contribution in [0.3, 0.4) is 0 Å². The van der Waals surface area contributed by atoms with Crippen LogP contribution in [0.15, 0.2) is 24.3 Å². The Hall–Kier alpha value is -1.76. The summed E-state index contributed by atoms with van der Waals surface area (Å²) < 4.78 is 48.0. The standard InChI is InChI=1S/C12H13F3O4/c1-3-19-10(16)11(17,12(13,14)15)8-4-6-9(18-2)7-5-8/h4-7,17H,3H2,1-2H3/t11-/m0/s1. The Morgan fingerprint density at radius 1 is 1.26 bits per heavy atom. The Morgan fingerprint density at radius 2 is 1.79 bits per heavy atom. The SMILES string of the molecule is CCOC(=O)[C@@](O)(c1ccc(OC)cc1)C(F)(F)F. The van der Waals surface area contributed by atoms with Crippen molar-refractivity contribution in [3.63, 3.8) is 0 Å². The Kier molecular flexibility index (Phi) is 4.41. The summed E-state index contributed by atoms with van der Waals surface area (Å²) in [6.45, 7) is 1.08. The highest BCUT2D eigenvalue weighted by Gasteiger charge is 2.62. The van der Waals surface area contributed by atoms with Crippen molar-refractivity contribution in [1.29, 1.82) is 0 Å². The lowest BCUT2D eigenvalue weighted by molar-refractivity contribution is -0.267. The minimum absolute atomic E-state index is 0.270. The molecule has 0 aliphatic rings. The molecule has 19 heavy (non-hydrogen) atoms. The molecule has 7 heteroatoms. The van der Waals surface area contributed by atoms with E-state index in [1.54, 1.807) is 0 Å². The van der Waals surface area contributed by atoms with Crippen molar-refractivity contribution in [1.82, 2.24) is 0 Å². The highest BCUT2D eigenvalue weighted by molar-refractivity contribution is 5.82. The zero-order valence-electron chi connectivity index (χ0n) is 10.3. The van der Waals surface area contributed by atoms with Gasteiger partial charge in [0.15, 0.2) is 0 Å². The number of aliphatic hydroxyl groups is 1. The fraction of sp³-hybridized carbons (Fsp3) is 0.417. The first-order valence-corrected chi connectivity index (χ1v) is 5.38. The minimum Gasteiger partial charge on any atom is -0.497 e. The predicted octanol–water partition coefficient (Wildman–Crippen LogP) is 2.01. The van der Waals surface area contributed by atoms with Crippen molar-refractivity contribution in [3.05, 3.63) is 29.8 Å². The number of hydrogen-bond acceptors (Lipinski definition) is 4. The molecule has 0 aliphatic heterocycles. The average Bonchev–Trinajstić information content (AvgIpc) is 2.36. The number of halogens is 3. The van der Waals surface area contributed by atoms with Crippen molar-refractivity contribution in [2.45, 2.75) is 18.7 Å². The normalized spacial score (nSPS) is 14.6. The van der Waals surface area contributed by atoms with Crippen LogP contribution in [-0.4, -0.2) is 31.0 Å². The molecule has 106 valence electrons. The topological polar surface area (TPSA) is 55.8 Å². The molecule has 0 heterocycles. The van der Waals surface area contributed by atoms with Crippen molar-refractivity contribution >= 4 is 5.97 Å². The van der Waals surface area contributed by atoms with E-state index in [-0.39, 0.29) is 6.61 Å². The molecule has 0 spiro atoms. The van der Waals surface area contributed by atoms with Gasteiger partial charge in [-0.2, -0.15) is 13.2 Å². The summed E-state index contributed by atoms with van der Waals surface area (Å²) in [5, 5.41) is 9.74. The van der Waals surface area contributed by atoms with Gasteiger partial charge in [-0.1, -0.05) is 12.1 Å². The second-order valence-corrected chi connectivity index (χ2v) is 3.66. The lowest BCUT2D eigenvalue weighted by Gasteiger charge is -2.28. The van der Waals surface area contributed by atoms with Gasteiger partial charge in [0.1, 0.15) is 5.75 Å². The second kappa shape index (κ2) is 5.48. The van der Waals surface area contributed by atoms with Crippen LogP contribution in [-0.2, 0) is 15.1 Å². The van der Waals surface area contributed by atoms with Crippen LogP contribution in [0.5, 0.6) is 5.75 Å². The summed E-state index contributed by atoms with van der Waals surface area (Å²) in [5.74, 6) is -1.45. The number of carbonyl (C=O) groups is 1. The molecule has 0 bridgehead atoms. The van der Waals surface area contributed by atoms with E-state index < -0.39 is 23.3 Å². The Balaban J connectivity index is 3.27. The lowest BCUT2D eigenvalue weighted by Crippen LogP contribution is -2.50. The van der Waals surface area contributed by atoms with Crippen molar-refractivity contribution in [2.75, 3.05) is 13.7 Å². The third kappa shape index (κ3) is 2.81. The number of benzene rings is 1. The van der Waals surface area contributed by atoms with E-state index in [0.29, 0.717) is 5.75 Å². The van der Waals surface area contributed by atoms with E-state index in [2.05, 4.69) is 4.74 Å². The summed E-state index contributed by atoms with van der Waals surface area (Å²) in [6.07, 6.45) is -5.19. The van der Waals surface area contributed by atoms with Crippen LogP contribution in [0.2, 0.25) is 0 Å². The van der Waals surface area contributed by atoms with Gasteiger partial charge >= 0.3 is 12.1 Å². The zero-order chi connectivity index (χ0) is 14.7. The van der Waals surface area contributed by atoms with E-state index in [0.717, 1.165) is 12.1 Å². The monoisotopic (exact) mass is 278 g/mol. The molecule has 0 unspecified atom stereocenters. The number of methoxy groups -OCH3 is 1. The summed E-state index contributed by atoms with van der Waals surface area (Å²) >= 11 is 0.